The van der Waals surface area contributed by atoms with Gasteiger partial charge in [0.25, 0.3) is 0 Å². The van der Waals surface area contributed by atoms with E-state index in [1.54, 1.807) is 0 Å². The van der Waals surface area contributed by atoms with Gasteiger partial charge < -0.3 is 5.73 Å². The molecule has 1 aliphatic rings. The average molecular weight is 267 g/mol. The number of Topliss-reactive ketones (excluding diaryl/α,β-unsaturated/α-hetero) is 1. The highest BCUT2D eigenvalue weighted by atomic mass is 16.1. The van der Waals surface area contributed by atoms with Gasteiger partial charge in [0.2, 0.25) is 0 Å². The summed E-state index contributed by atoms with van der Waals surface area (Å²) in [5.41, 5.74) is 5.60. The SMILES string of the molecule is CCCCCCCCCCCCC(=O)C1(N)CCC1. The van der Waals surface area contributed by atoms with Gasteiger partial charge >= 0.3 is 0 Å². The van der Waals surface area contributed by atoms with Crippen molar-refractivity contribution in [3.63, 3.8) is 0 Å². The third-order valence-corrected chi connectivity index (χ3v) is 4.56. The van der Waals surface area contributed by atoms with Crippen LogP contribution in [0, 0.1) is 0 Å². The van der Waals surface area contributed by atoms with Gasteiger partial charge in [0.05, 0.1) is 5.54 Å². The van der Waals surface area contributed by atoms with Crippen molar-refractivity contribution in [3.05, 3.63) is 0 Å². The standard InChI is InChI=1S/C17H33NO/c1-2-3-4-5-6-7-8-9-10-11-13-16(19)17(18)14-12-15-17/h2-15,18H2,1H3. The van der Waals surface area contributed by atoms with Crippen LogP contribution < -0.4 is 5.73 Å². The molecule has 0 heterocycles. The maximum Gasteiger partial charge on any atom is 0.152 e. The summed E-state index contributed by atoms with van der Waals surface area (Å²) in [6.07, 6.45) is 16.9. The summed E-state index contributed by atoms with van der Waals surface area (Å²) in [6, 6.07) is 0. The van der Waals surface area contributed by atoms with Crippen LogP contribution >= 0.6 is 0 Å². The molecule has 0 atom stereocenters. The van der Waals surface area contributed by atoms with E-state index in [1.165, 1.54) is 57.8 Å². The van der Waals surface area contributed by atoms with Crippen LogP contribution in [-0.4, -0.2) is 11.3 Å². The van der Waals surface area contributed by atoms with Crippen molar-refractivity contribution in [2.45, 2.75) is 102 Å². The van der Waals surface area contributed by atoms with Gasteiger partial charge in [-0.1, -0.05) is 64.7 Å². The summed E-state index contributed by atoms with van der Waals surface area (Å²) in [6.45, 7) is 2.26. The van der Waals surface area contributed by atoms with Crippen molar-refractivity contribution in [2.75, 3.05) is 0 Å². The maximum absolute atomic E-state index is 11.9. The molecule has 1 fully saturated rings. The Bertz CT molecular complexity index is 246. The van der Waals surface area contributed by atoms with Crippen molar-refractivity contribution in [3.8, 4) is 0 Å². The van der Waals surface area contributed by atoms with Crippen LogP contribution in [0.2, 0.25) is 0 Å². The van der Waals surface area contributed by atoms with Crippen molar-refractivity contribution in [2.24, 2.45) is 5.73 Å². The molecule has 0 bridgehead atoms. The number of nitrogens with two attached hydrogens (primary N) is 1. The molecule has 1 saturated carbocycles. The van der Waals surface area contributed by atoms with Crippen LogP contribution in [0.25, 0.3) is 0 Å². The van der Waals surface area contributed by atoms with E-state index in [0.29, 0.717) is 12.2 Å². The van der Waals surface area contributed by atoms with E-state index in [2.05, 4.69) is 6.92 Å². The van der Waals surface area contributed by atoms with Crippen LogP contribution in [-0.2, 0) is 4.79 Å². The normalized spacial score (nSPS) is 17.2. The van der Waals surface area contributed by atoms with Gasteiger partial charge in [0.1, 0.15) is 0 Å². The summed E-state index contributed by atoms with van der Waals surface area (Å²) in [7, 11) is 0. The Kier molecular flexibility index (Phi) is 8.36. The van der Waals surface area contributed by atoms with Gasteiger partial charge in [-0.15, -0.1) is 0 Å². The van der Waals surface area contributed by atoms with Crippen LogP contribution in [0.3, 0.4) is 0 Å². The second-order valence-electron chi connectivity index (χ2n) is 6.36. The second-order valence-corrected chi connectivity index (χ2v) is 6.36. The van der Waals surface area contributed by atoms with E-state index in [-0.39, 0.29) is 0 Å². The van der Waals surface area contributed by atoms with Crippen LogP contribution in [0.1, 0.15) is 96.8 Å². The molecule has 1 aliphatic carbocycles. The number of rotatable bonds is 12. The Morgan fingerprint density at radius 1 is 0.895 bits per heavy atom. The molecule has 2 nitrogen and oxygen atoms in total. The molecule has 112 valence electrons. The minimum absolute atomic E-state index is 0.318. The number of hydrogen-bond acceptors (Lipinski definition) is 2. The molecule has 0 amide bonds. The summed E-state index contributed by atoms with van der Waals surface area (Å²) < 4.78 is 0. The van der Waals surface area contributed by atoms with E-state index in [1.807, 2.05) is 0 Å². The molecule has 2 heteroatoms. The Balaban J connectivity index is 1.82. The fourth-order valence-corrected chi connectivity index (χ4v) is 2.86. The monoisotopic (exact) mass is 267 g/mol. The lowest BCUT2D eigenvalue weighted by Gasteiger charge is -2.36. The third kappa shape index (κ3) is 6.56. The van der Waals surface area contributed by atoms with Gasteiger partial charge in [-0.2, -0.15) is 0 Å². The lowest BCUT2D eigenvalue weighted by atomic mass is 9.73. The predicted octanol–water partition coefficient (Wildman–Crippen LogP) is 4.75. The Hall–Kier alpha value is -0.370. The minimum atomic E-state index is -0.417. The Morgan fingerprint density at radius 3 is 1.79 bits per heavy atom. The van der Waals surface area contributed by atoms with E-state index < -0.39 is 5.54 Å². The molecule has 0 unspecified atom stereocenters. The first kappa shape index (κ1) is 16.7. The van der Waals surface area contributed by atoms with Crippen LogP contribution in [0.15, 0.2) is 0 Å². The van der Waals surface area contributed by atoms with Crippen molar-refractivity contribution in [1.29, 1.82) is 0 Å². The molecule has 0 spiro atoms. The van der Waals surface area contributed by atoms with Crippen molar-refractivity contribution in [1.82, 2.24) is 0 Å². The van der Waals surface area contributed by atoms with Gasteiger partial charge in [-0.3, -0.25) is 4.79 Å². The van der Waals surface area contributed by atoms with E-state index in [4.69, 9.17) is 5.73 Å². The quantitative estimate of drug-likeness (QED) is 0.519. The highest BCUT2D eigenvalue weighted by molar-refractivity contribution is 5.89. The van der Waals surface area contributed by atoms with E-state index in [0.717, 1.165) is 25.7 Å². The zero-order chi connectivity index (χ0) is 14.0. The number of carbonyl (C=O) groups is 1. The molecule has 0 saturated heterocycles. The fraction of sp³-hybridized carbons (Fsp3) is 0.941. The van der Waals surface area contributed by atoms with Crippen LogP contribution in [0.5, 0.6) is 0 Å². The molecule has 0 aromatic heterocycles. The molecular weight excluding hydrogens is 234 g/mol. The zero-order valence-electron chi connectivity index (χ0n) is 12.9. The Morgan fingerprint density at radius 2 is 1.37 bits per heavy atom. The summed E-state index contributed by atoms with van der Waals surface area (Å²) in [5, 5.41) is 0. The van der Waals surface area contributed by atoms with Gasteiger partial charge in [0.15, 0.2) is 5.78 Å². The summed E-state index contributed by atoms with van der Waals surface area (Å²) >= 11 is 0. The average Bonchev–Trinajstić information content (AvgIpc) is 2.38. The van der Waals surface area contributed by atoms with Gasteiger partial charge in [-0.05, 0) is 25.7 Å². The topological polar surface area (TPSA) is 43.1 Å². The molecule has 0 radical (unpaired) electrons. The first-order chi connectivity index (χ1) is 9.19. The first-order valence-corrected chi connectivity index (χ1v) is 8.51. The molecule has 0 aliphatic heterocycles. The fourth-order valence-electron chi connectivity index (χ4n) is 2.86. The zero-order valence-corrected chi connectivity index (χ0v) is 12.9. The maximum atomic E-state index is 11.9. The lowest BCUT2D eigenvalue weighted by Crippen LogP contribution is -2.53. The number of hydrogen-bond donors (Lipinski definition) is 1. The van der Waals surface area contributed by atoms with Gasteiger partial charge in [-0.25, -0.2) is 0 Å². The lowest BCUT2D eigenvalue weighted by molar-refractivity contribution is -0.127. The second kappa shape index (κ2) is 9.52. The number of carbonyl (C=O) groups excluding carboxylic acids is 1. The highest BCUT2D eigenvalue weighted by Crippen LogP contribution is 2.31. The first-order valence-electron chi connectivity index (χ1n) is 8.51. The van der Waals surface area contributed by atoms with Gasteiger partial charge in [0, 0.05) is 6.42 Å². The van der Waals surface area contributed by atoms with E-state index in [9.17, 15) is 4.79 Å². The Labute approximate surface area is 119 Å². The number of ketones is 1. The molecular formula is C17H33NO. The van der Waals surface area contributed by atoms with Crippen molar-refractivity contribution >= 4 is 5.78 Å². The predicted molar refractivity (Wildman–Crippen MR) is 82.2 cm³/mol. The summed E-state index contributed by atoms with van der Waals surface area (Å²) in [5.74, 6) is 0.318. The molecule has 0 aromatic rings. The molecule has 2 N–H and O–H groups in total. The highest BCUT2D eigenvalue weighted by Gasteiger charge is 2.38. The summed E-state index contributed by atoms with van der Waals surface area (Å²) in [4.78, 5) is 11.9. The largest absolute Gasteiger partial charge is 0.319 e. The minimum Gasteiger partial charge on any atom is -0.319 e. The molecule has 0 aromatic carbocycles. The number of unbranched alkanes of at least 4 members (excludes halogenated alkanes) is 9. The van der Waals surface area contributed by atoms with Crippen LogP contribution in [0.4, 0.5) is 0 Å². The van der Waals surface area contributed by atoms with E-state index >= 15 is 0 Å². The molecule has 19 heavy (non-hydrogen) atoms. The molecule has 1 rings (SSSR count). The van der Waals surface area contributed by atoms with Crippen molar-refractivity contribution < 1.29 is 4.79 Å². The third-order valence-electron chi connectivity index (χ3n) is 4.56. The smallest absolute Gasteiger partial charge is 0.152 e.